The van der Waals surface area contributed by atoms with E-state index in [0.29, 0.717) is 11.4 Å². The Morgan fingerprint density at radius 1 is 0.920 bits per heavy atom. The number of H-pyrrole nitrogens is 4. The van der Waals surface area contributed by atoms with Gasteiger partial charge in [-0.2, -0.15) is 0 Å². The zero-order valence-corrected chi connectivity index (χ0v) is 14.2. The van der Waals surface area contributed by atoms with Crippen molar-refractivity contribution < 1.29 is 4.92 Å². The van der Waals surface area contributed by atoms with Crippen LogP contribution in [-0.4, -0.2) is 25.3 Å². The van der Waals surface area contributed by atoms with E-state index in [1.807, 2.05) is 0 Å². The van der Waals surface area contributed by atoms with E-state index in [9.17, 15) is 19.7 Å². The molecule has 0 aliphatic heterocycles. The highest BCUT2D eigenvalue weighted by atomic mass is 35.5. The van der Waals surface area contributed by atoms with Crippen LogP contribution in [0.15, 0.2) is 33.9 Å². The molecular weight excluding hydrogens is 350 g/mol. The second kappa shape index (κ2) is 6.81. The zero-order chi connectivity index (χ0) is 17.4. The minimum atomic E-state index is -0.864. The minimum absolute atomic E-state index is 0. The first-order chi connectivity index (χ1) is 11.4. The van der Waals surface area contributed by atoms with E-state index in [2.05, 4.69) is 20.4 Å². The molecule has 132 valence electrons. The summed E-state index contributed by atoms with van der Waals surface area (Å²) in [6, 6.07) is 6.10. The van der Waals surface area contributed by atoms with Crippen molar-refractivity contribution >= 4 is 18.1 Å². The SMILES string of the molecule is Cc1[nH][nH]c(=O)c1C(c1ccccc1[N+](=O)[O-])c1c(C)[nH][nH]c1=O.Cl. The van der Waals surface area contributed by atoms with Gasteiger partial charge >= 0.3 is 0 Å². The number of aryl methyl sites for hydroxylation is 2. The van der Waals surface area contributed by atoms with Gasteiger partial charge in [-0.3, -0.25) is 29.9 Å². The number of nitro benzene ring substituents is 1. The molecule has 0 unspecified atom stereocenters. The molecule has 10 heteroatoms. The number of nitrogens with zero attached hydrogens (tertiary/aromatic N) is 1. The maximum atomic E-state index is 12.3. The third-order valence-corrected chi connectivity index (χ3v) is 4.05. The molecule has 0 spiro atoms. The Bertz CT molecular complexity index is 975. The van der Waals surface area contributed by atoms with E-state index in [-0.39, 0.29) is 34.8 Å². The van der Waals surface area contributed by atoms with Crippen LogP contribution >= 0.6 is 12.4 Å². The number of para-hydroxylation sites is 1. The Labute approximate surface area is 147 Å². The number of hydrogen-bond acceptors (Lipinski definition) is 4. The van der Waals surface area contributed by atoms with Crippen molar-refractivity contribution in [2.75, 3.05) is 0 Å². The molecular formula is C15H16ClN5O4. The molecule has 1 aromatic carbocycles. The molecule has 0 amide bonds. The van der Waals surface area contributed by atoms with Crippen molar-refractivity contribution in [1.82, 2.24) is 20.4 Å². The van der Waals surface area contributed by atoms with E-state index in [1.165, 1.54) is 6.07 Å². The van der Waals surface area contributed by atoms with Crippen LogP contribution in [0.3, 0.4) is 0 Å². The summed E-state index contributed by atoms with van der Waals surface area (Å²) in [4.78, 5) is 35.5. The van der Waals surface area contributed by atoms with Crippen molar-refractivity contribution in [2.24, 2.45) is 0 Å². The fraction of sp³-hybridized carbons (Fsp3) is 0.200. The van der Waals surface area contributed by atoms with Crippen molar-refractivity contribution in [3.05, 3.63) is 83.2 Å². The molecule has 2 heterocycles. The molecule has 3 aromatic rings. The molecule has 0 atom stereocenters. The first-order valence-corrected chi connectivity index (χ1v) is 7.19. The van der Waals surface area contributed by atoms with Gasteiger partial charge in [-0.05, 0) is 13.8 Å². The Morgan fingerprint density at radius 3 is 1.80 bits per heavy atom. The fourth-order valence-electron chi connectivity index (χ4n) is 2.96. The molecule has 0 bridgehead atoms. The van der Waals surface area contributed by atoms with Crippen molar-refractivity contribution in [2.45, 2.75) is 19.8 Å². The molecule has 3 rings (SSSR count). The second-order valence-corrected chi connectivity index (χ2v) is 5.48. The van der Waals surface area contributed by atoms with Gasteiger partial charge in [-0.15, -0.1) is 12.4 Å². The van der Waals surface area contributed by atoms with Crippen LogP contribution in [0.1, 0.15) is 34.0 Å². The molecule has 0 saturated carbocycles. The van der Waals surface area contributed by atoms with E-state index >= 15 is 0 Å². The summed E-state index contributed by atoms with van der Waals surface area (Å²) in [5, 5.41) is 21.8. The molecule has 0 aliphatic carbocycles. The molecule has 0 fully saturated rings. The molecule has 0 aliphatic rings. The monoisotopic (exact) mass is 365 g/mol. The van der Waals surface area contributed by atoms with Crippen LogP contribution in [0.25, 0.3) is 0 Å². The van der Waals surface area contributed by atoms with E-state index < -0.39 is 22.0 Å². The van der Waals surface area contributed by atoms with Crippen LogP contribution in [0.2, 0.25) is 0 Å². The van der Waals surface area contributed by atoms with Gasteiger partial charge in [0, 0.05) is 23.0 Å². The normalized spacial score (nSPS) is 10.7. The lowest BCUT2D eigenvalue weighted by atomic mass is 9.84. The van der Waals surface area contributed by atoms with Crippen molar-refractivity contribution in [3.63, 3.8) is 0 Å². The third-order valence-electron chi connectivity index (χ3n) is 4.05. The lowest BCUT2D eigenvalue weighted by Gasteiger charge is -2.15. The predicted octanol–water partition coefficient (Wildman–Crippen LogP) is 1.85. The molecule has 9 nitrogen and oxygen atoms in total. The maximum Gasteiger partial charge on any atom is 0.273 e. The summed E-state index contributed by atoms with van der Waals surface area (Å²) in [6.45, 7) is 3.34. The van der Waals surface area contributed by atoms with Crippen molar-refractivity contribution in [3.8, 4) is 0 Å². The zero-order valence-electron chi connectivity index (χ0n) is 13.4. The van der Waals surface area contributed by atoms with Gasteiger partial charge in [0.25, 0.3) is 16.8 Å². The summed E-state index contributed by atoms with van der Waals surface area (Å²) in [6.07, 6.45) is 0. The smallest absolute Gasteiger partial charge is 0.273 e. The van der Waals surface area contributed by atoms with Crippen LogP contribution in [-0.2, 0) is 0 Å². The molecule has 25 heavy (non-hydrogen) atoms. The second-order valence-electron chi connectivity index (χ2n) is 5.48. The standard InChI is InChI=1S/C15H15N5O4.ClH/c1-7-11(14(21)18-16-7)13(12-8(2)17-19-15(12)22)9-5-3-4-6-10(9)20(23)24;/h3-6,13H,1-2H3,(H2,16,18,21)(H2,17,19,22);1H. The van der Waals surface area contributed by atoms with E-state index in [0.717, 1.165) is 0 Å². The van der Waals surface area contributed by atoms with Crippen LogP contribution in [0, 0.1) is 24.0 Å². The minimum Gasteiger partial charge on any atom is -0.302 e. The van der Waals surface area contributed by atoms with Gasteiger partial charge in [0.1, 0.15) is 0 Å². The van der Waals surface area contributed by atoms with Gasteiger partial charge in [0.05, 0.1) is 22.0 Å². The predicted molar refractivity (Wildman–Crippen MR) is 93.6 cm³/mol. The summed E-state index contributed by atoms with van der Waals surface area (Å²) in [5.74, 6) is -0.864. The number of nitrogens with one attached hydrogen (secondary N) is 4. The first kappa shape index (κ1) is 18.3. The lowest BCUT2D eigenvalue weighted by Crippen LogP contribution is -2.21. The fourth-order valence-corrected chi connectivity index (χ4v) is 2.96. The molecule has 2 aromatic heterocycles. The summed E-state index contributed by atoms with van der Waals surface area (Å²) < 4.78 is 0. The van der Waals surface area contributed by atoms with Crippen LogP contribution < -0.4 is 11.1 Å². The Morgan fingerprint density at radius 2 is 1.40 bits per heavy atom. The quantitative estimate of drug-likeness (QED) is 0.413. The summed E-state index contributed by atoms with van der Waals surface area (Å²) >= 11 is 0. The topological polar surface area (TPSA) is 140 Å². The molecule has 0 saturated heterocycles. The number of nitro groups is 1. The van der Waals surface area contributed by atoms with Gasteiger partial charge in [-0.25, -0.2) is 0 Å². The van der Waals surface area contributed by atoms with Gasteiger partial charge < -0.3 is 10.2 Å². The van der Waals surface area contributed by atoms with E-state index in [4.69, 9.17) is 0 Å². The lowest BCUT2D eigenvalue weighted by molar-refractivity contribution is -0.385. The maximum absolute atomic E-state index is 12.3. The summed E-state index contributed by atoms with van der Waals surface area (Å²) in [5.41, 5.74) is 0.874. The van der Waals surface area contributed by atoms with Crippen LogP contribution in [0.4, 0.5) is 5.69 Å². The van der Waals surface area contributed by atoms with Gasteiger partial charge in [0.15, 0.2) is 0 Å². The Hall–Kier alpha value is -3.07. The average molecular weight is 366 g/mol. The van der Waals surface area contributed by atoms with Gasteiger partial charge in [-0.1, -0.05) is 18.2 Å². The molecule has 0 radical (unpaired) electrons. The number of aromatic amines is 4. The number of hydrogen-bond donors (Lipinski definition) is 4. The number of benzene rings is 1. The van der Waals surface area contributed by atoms with Gasteiger partial charge in [0.2, 0.25) is 0 Å². The number of halogens is 1. The van der Waals surface area contributed by atoms with Crippen molar-refractivity contribution in [1.29, 1.82) is 0 Å². The molecule has 4 N–H and O–H groups in total. The largest absolute Gasteiger partial charge is 0.302 e. The van der Waals surface area contributed by atoms with E-state index in [1.54, 1.807) is 32.0 Å². The first-order valence-electron chi connectivity index (χ1n) is 7.19. The highest BCUT2D eigenvalue weighted by Crippen LogP contribution is 2.36. The highest BCUT2D eigenvalue weighted by molar-refractivity contribution is 5.85. The number of aromatic nitrogens is 4. The highest BCUT2D eigenvalue weighted by Gasteiger charge is 2.32. The third kappa shape index (κ3) is 3.01. The summed E-state index contributed by atoms with van der Waals surface area (Å²) in [7, 11) is 0. The Kier molecular flexibility index (Phi) is 4.98. The van der Waals surface area contributed by atoms with Crippen LogP contribution in [0.5, 0.6) is 0 Å². The average Bonchev–Trinajstić information content (AvgIpc) is 3.05. The Balaban J connectivity index is 0.00000225. The number of rotatable bonds is 4.